The van der Waals surface area contributed by atoms with Gasteiger partial charge in [0.25, 0.3) is 0 Å². The van der Waals surface area contributed by atoms with E-state index in [9.17, 15) is 0 Å². The third-order valence-electron chi connectivity index (χ3n) is 8.40. The Morgan fingerprint density at radius 2 is 1.02 bits per heavy atom. The average molecular weight is 564 g/mol. The van der Waals surface area contributed by atoms with Crippen molar-refractivity contribution in [3.8, 4) is 34.4 Å². The molecule has 0 aliphatic heterocycles. The van der Waals surface area contributed by atoms with E-state index in [1.54, 1.807) is 0 Å². The highest BCUT2D eigenvalue weighted by atomic mass is 15.2. The van der Waals surface area contributed by atoms with Gasteiger partial charge >= 0.3 is 0 Å². The van der Waals surface area contributed by atoms with Gasteiger partial charge in [0.05, 0.1) is 16.6 Å². The zero-order valence-electron chi connectivity index (χ0n) is 23.7. The lowest BCUT2D eigenvalue weighted by Crippen LogP contribution is -2.05. The fourth-order valence-corrected chi connectivity index (χ4v) is 6.35. The van der Waals surface area contributed by atoms with Crippen LogP contribution in [0.5, 0.6) is 0 Å². The van der Waals surface area contributed by atoms with Crippen LogP contribution in [0.15, 0.2) is 152 Å². The summed E-state index contributed by atoms with van der Waals surface area (Å²) in [7, 11) is 0. The van der Waals surface area contributed by atoms with Crippen molar-refractivity contribution in [2.24, 2.45) is 0 Å². The van der Waals surface area contributed by atoms with Gasteiger partial charge in [0, 0.05) is 39.2 Å². The molecule has 0 spiro atoms. The van der Waals surface area contributed by atoms with Crippen LogP contribution in [0, 0.1) is 0 Å². The molecule has 0 radical (unpaired) electrons. The summed E-state index contributed by atoms with van der Waals surface area (Å²) < 4.78 is 4.44. The number of aromatic nitrogens is 5. The Bertz CT molecular complexity index is 2420. The molecule has 0 N–H and O–H groups in total. The molecule has 9 aromatic rings. The summed E-state index contributed by atoms with van der Waals surface area (Å²) >= 11 is 0. The van der Waals surface area contributed by atoms with Gasteiger partial charge in [0.2, 0.25) is 5.95 Å². The molecular formula is C39H25N5. The van der Waals surface area contributed by atoms with Gasteiger partial charge in [0.15, 0.2) is 11.6 Å². The van der Waals surface area contributed by atoms with Crippen LogP contribution < -0.4 is 0 Å². The van der Waals surface area contributed by atoms with E-state index in [4.69, 9.17) is 15.0 Å². The minimum atomic E-state index is 0.591. The molecule has 0 atom stereocenters. The van der Waals surface area contributed by atoms with E-state index >= 15 is 0 Å². The predicted octanol–water partition coefficient (Wildman–Crippen LogP) is 9.40. The fraction of sp³-hybridized carbons (Fsp3) is 0. The lowest BCUT2D eigenvalue weighted by atomic mass is 10.0. The fourth-order valence-electron chi connectivity index (χ4n) is 6.35. The monoisotopic (exact) mass is 563 g/mol. The molecule has 44 heavy (non-hydrogen) atoms. The highest BCUT2D eigenvalue weighted by molar-refractivity contribution is 6.18. The molecule has 0 aliphatic rings. The summed E-state index contributed by atoms with van der Waals surface area (Å²) in [6, 6.07) is 50.6. The van der Waals surface area contributed by atoms with E-state index in [2.05, 4.69) is 100 Å². The van der Waals surface area contributed by atoms with Crippen molar-refractivity contribution in [1.29, 1.82) is 0 Å². The summed E-state index contributed by atoms with van der Waals surface area (Å²) in [5.41, 5.74) is 6.50. The lowest BCUT2D eigenvalue weighted by Gasteiger charge is -2.10. The Balaban J connectivity index is 1.28. The van der Waals surface area contributed by atoms with Gasteiger partial charge in [-0.3, -0.25) is 4.57 Å². The molecule has 0 saturated carbocycles. The second-order valence-electron chi connectivity index (χ2n) is 11.0. The first-order chi connectivity index (χ1) is 21.8. The Labute approximate surface area is 253 Å². The van der Waals surface area contributed by atoms with Gasteiger partial charge in [-0.1, -0.05) is 103 Å². The molecule has 0 fully saturated rings. The number of nitrogens with zero attached hydrogens (tertiary/aromatic N) is 5. The van der Waals surface area contributed by atoms with Gasteiger partial charge in [-0.2, -0.15) is 9.97 Å². The molecule has 0 bridgehead atoms. The van der Waals surface area contributed by atoms with E-state index in [-0.39, 0.29) is 0 Å². The first-order valence-corrected chi connectivity index (χ1v) is 14.7. The van der Waals surface area contributed by atoms with Crippen LogP contribution in [0.25, 0.3) is 77.9 Å². The first kappa shape index (κ1) is 24.5. The largest absolute Gasteiger partial charge is 0.309 e. The maximum atomic E-state index is 4.97. The lowest BCUT2D eigenvalue weighted by molar-refractivity contribution is 0.933. The number of para-hydroxylation sites is 2. The Kier molecular flexibility index (Phi) is 5.43. The van der Waals surface area contributed by atoms with Gasteiger partial charge in [-0.15, -0.1) is 0 Å². The molecule has 6 aromatic carbocycles. The zero-order valence-corrected chi connectivity index (χ0v) is 23.7. The molecule has 206 valence electrons. The topological polar surface area (TPSA) is 48.5 Å². The normalized spacial score (nSPS) is 11.6. The molecule has 3 heterocycles. The summed E-state index contributed by atoms with van der Waals surface area (Å²) in [5, 5.41) is 6.01. The van der Waals surface area contributed by atoms with Crippen molar-refractivity contribution in [2.75, 3.05) is 0 Å². The van der Waals surface area contributed by atoms with Crippen LogP contribution in [0.1, 0.15) is 0 Å². The van der Waals surface area contributed by atoms with Crippen molar-refractivity contribution in [2.45, 2.75) is 0 Å². The van der Waals surface area contributed by atoms with Crippen molar-refractivity contribution >= 4 is 43.5 Å². The molecule has 0 saturated heterocycles. The van der Waals surface area contributed by atoms with E-state index in [1.165, 1.54) is 32.6 Å². The summed E-state index contributed by atoms with van der Waals surface area (Å²) in [6.45, 7) is 0. The van der Waals surface area contributed by atoms with Crippen molar-refractivity contribution < 1.29 is 0 Å². The summed E-state index contributed by atoms with van der Waals surface area (Å²) in [4.78, 5) is 14.8. The molecule has 0 amide bonds. The smallest absolute Gasteiger partial charge is 0.238 e. The summed E-state index contributed by atoms with van der Waals surface area (Å²) in [5.74, 6) is 1.88. The SMILES string of the molecule is c1ccc(-c2nc(-c3ccccc3)nc(-n3ccc4c5cc6c7ccccc7n(-c7ccccc7)c6cc5ccc43)n2)cc1. The predicted molar refractivity (Wildman–Crippen MR) is 179 cm³/mol. The summed E-state index contributed by atoms with van der Waals surface area (Å²) in [6.07, 6.45) is 2.07. The number of hydrogen-bond donors (Lipinski definition) is 0. The maximum absolute atomic E-state index is 4.97. The van der Waals surface area contributed by atoms with Crippen LogP contribution in [-0.4, -0.2) is 24.1 Å². The van der Waals surface area contributed by atoms with Crippen LogP contribution >= 0.6 is 0 Å². The minimum absolute atomic E-state index is 0.591. The quantitative estimate of drug-likeness (QED) is 0.214. The van der Waals surface area contributed by atoms with Gasteiger partial charge in [-0.05, 0) is 53.2 Å². The van der Waals surface area contributed by atoms with Crippen LogP contribution in [0.2, 0.25) is 0 Å². The molecule has 9 rings (SSSR count). The van der Waals surface area contributed by atoms with Crippen LogP contribution in [-0.2, 0) is 0 Å². The molecule has 0 aliphatic carbocycles. The standard InChI is InChI=1S/C39H25N5/c1-4-12-26(13-5-1)37-40-38(27-14-6-2-7-15-27)42-39(41-37)43-23-22-31-32-25-33-30-18-10-11-19-35(30)44(29-16-8-3-9-17-29)36(33)24-28(32)20-21-34(31)43/h1-25H. The van der Waals surface area contributed by atoms with E-state index in [0.29, 0.717) is 17.6 Å². The minimum Gasteiger partial charge on any atom is -0.309 e. The van der Waals surface area contributed by atoms with Crippen molar-refractivity contribution in [1.82, 2.24) is 24.1 Å². The zero-order chi connectivity index (χ0) is 29.0. The first-order valence-electron chi connectivity index (χ1n) is 14.7. The highest BCUT2D eigenvalue weighted by Gasteiger charge is 2.17. The van der Waals surface area contributed by atoms with Gasteiger partial charge in [0.1, 0.15) is 0 Å². The Morgan fingerprint density at radius 3 is 1.73 bits per heavy atom. The van der Waals surface area contributed by atoms with E-state index < -0.39 is 0 Å². The van der Waals surface area contributed by atoms with Crippen LogP contribution in [0.3, 0.4) is 0 Å². The molecule has 5 heteroatoms. The number of rotatable bonds is 4. The second-order valence-corrected chi connectivity index (χ2v) is 11.0. The van der Waals surface area contributed by atoms with Gasteiger partial charge in [-0.25, -0.2) is 4.98 Å². The van der Waals surface area contributed by atoms with Crippen molar-refractivity contribution in [3.05, 3.63) is 152 Å². The third kappa shape index (κ3) is 3.83. The number of benzene rings is 6. The second kappa shape index (κ2) is 9.75. The van der Waals surface area contributed by atoms with Crippen molar-refractivity contribution in [3.63, 3.8) is 0 Å². The third-order valence-corrected chi connectivity index (χ3v) is 8.40. The van der Waals surface area contributed by atoms with E-state index in [1.807, 2.05) is 60.7 Å². The Morgan fingerprint density at radius 1 is 0.409 bits per heavy atom. The van der Waals surface area contributed by atoms with Crippen LogP contribution in [0.4, 0.5) is 0 Å². The Hall–Kier alpha value is -6.07. The van der Waals surface area contributed by atoms with Gasteiger partial charge < -0.3 is 4.57 Å². The highest BCUT2D eigenvalue weighted by Crippen LogP contribution is 2.37. The number of hydrogen-bond acceptors (Lipinski definition) is 3. The average Bonchev–Trinajstić information content (AvgIpc) is 3.68. The molecule has 0 unspecified atom stereocenters. The number of fused-ring (bicyclic) bond motifs is 6. The van der Waals surface area contributed by atoms with E-state index in [0.717, 1.165) is 27.7 Å². The molecule has 3 aromatic heterocycles. The molecular weight excluding hydrogens is 538 g/mol. The maximum Gasteiger partial charge on any atom is 0.238 e. The molecule has 5 nitrogen and oxygen atoms in total.